The molecular weight excluding hydrogens is 665 g/mol. The van der Waals surface area contributed by atoms with Gasteiger partial charge in [0.25, 0.3) is 0 Å². The molecule has 0 saturated heterocycles. The van der Waals surface area contributed by atoms with E-state index in [1.165, 1.54) is 147 Å². The van der Waals surface area contributed by atoms with Crippen molar-refractivity contribution in [3.05, 3.63) is 0 Å². The van der Waals surface area contributed by atoms with E-state index in [1.54, 1.807) is 0 Å². The quantitative estimate of drug-likeness (QED) is 0.0422. The second-order valence-electron chi connectivity index (χ2n) is 14.2. The highest BCUT2D eigenvalue weighted by atomic mass is 32.2. The van der Waals surface area contributed by atoms with Crippen molar-refractivity contribution >= 4 is 35.5 Å². The van der Waals surface area contributed by atoms with Crippen LogP contribution in [0.2, 0.25) is 0 Å². The van der Waals surface area contributed by atoms with E-state index in [0.29, 0.717) is 18.6 Å². The lowest BCUT2D eigenvalue weighted by Crippen LogP contribution is -2.54. The van der Waals surface area contributed by atoms with Crippen LogP contribution in [0.5, 0.6) is 0 Å². The van der Waals surface area contributed by atoms with Gasteiger partial charge in [0, 0.05) is 24.3 Å². The second-order valence-corrected chi connectivity index (χ2v) is 15.3. The van der Waals surface area contributed by atoms with Crippen LogP contribution >= 0.6 is 11.8 Å². The molecule has 0 radical (unpaired) electrons. The molecule has 0 bridgehead atoms. The van der Waals surface area contributed by atoms with E-state index in [-0.39, 0.29) is 24.2 Å². The molecule has 10 heteroatoms. The fourth-order valence-electron chi connectivity index (χ4n) is 6.12. The minimum Gasteiger partial charge on any atom is -0.467 e. The lowest BCUT2D eigenvalue weighted by molar-refractivity contribution is -0.146. The van der Waals surface area contributed by atoms with Crippen molar-refractivity contribution < 1.29 is 33.8 Å². The Kier molecular flexibility index (Phi) is 36.6. The predicted molar refractivity (Wildman–Crippen MR) is 212 cm³/mol. The van der Waals surface area contributed by atoms with Crippen LogP contribution in [0, 0.1) is 0 Å². The molecule has 51 heavy (non-hydrogen) atoms. The summed E-state index contributed by atoms with van der Waals surface area (Å²) in [7, 11) is 1.18. The van der Waals surface area contributed by atoms with Crippen molar-refractivity contribution in [1.29, 1.82) is 0 Å². The molecule has 2 atom stereocenters. The Morgan fingerprint density at radius 2 is 0.980 bits per heavy atom. The number of aliphatic hydroxyl groups excluding tert-OH is 1. The number of carbonyl (C=O) groups is 4. The third-order valence-electron chi connectivity index (χ3n) is 9.40. The third-order valence-corrected chi connectivity index (χ3v) is 10.4. The van der Waals surface area contributed by atoms with Crippen molar-refractivity contribution in [3.8, 4) is 0 Å². The number of ether oxygens (including phenoxy) is 2. The summed E-state index contributed by atoms with van der Waals surface area (Å²) in [6.45, 7) is 4.12. The van der Waals surface area contributed by atoms with Crippen LogP contribution in [0.3, 0.4) is 0 Å². The molecule has 0 aromatic rings. The highest BCUT2D eigenvalue weighted by Gasteiger charge is 2.27. The van der Waals surface area contributed by atoms with Gasteiger partial charge in [-0.1, -0.05) is 168 Å². The van der Waals surface area contributed by atoms with E-state index >= 15 is 0 Å². The molecule has 0 rings (SSSR count). The monoisotopic (exact) mass is 743 g/mol. The maximum atomic E-state index is 13.0. The maximum Gasteiger partial charge on any atom is 0.330 e. The van der Waals surface area contributed by atoms with Crippen LogP contribution in [-0.2, 0) is 28.7 Å². The van der Waals surface area contributed by atoms with Gasteiger partial charge in [-0.3, -0.25) is 14.4 Å². The largest absolute Gasteiger partial charge is 0.467 e. The zero-order chi connectivity index (χ0) is 37.6. The molecule has 0 aromatic heterocycles. The first kappa shape index (κ1) is 49.2. The summed E-state index contributed by atoms with van der Waals surface area (Å²) in [6.07, 6.45) is 32.9. The van der Waals surface area contributed by atoms with Crippen LogP contribution < -0.4 is 10.6 Å². The smallest absolute Gasteiger partial charge is 0.330 e. The number of unbranched alkanes of at least 4 members (excludes halogenated alkanes) is 24. The first-order chi connectivity index (χ1) is 24.9. The van der Waals surface area contributed by atoms with E-state index in [1.807, 2.05) is 0 Å². The molecule has 9 nitrogen and oxygen atoms in total. The molecule has 0 fully saturated rings. The summed E-state index contributed by atoms with van der Waals surface area (Å²) in [6, 6.07) is -2.11. The van der Waals surface area contributed by atoms with E-state index in [9.17, 15) is 24.3 Å². The number of rotatable bonds is 38. The SMILES string of the molecule is CCCCCCCCCCCCCCCC(=O)N[C@@H](CSCCOC(=O)CCCCCCCCCCCCCCC)C(=O)N[C@@H](CO)C(=O)OC. The molecule has 0 saturated carbocycles. The molecule has 0 spiro atoms. The lowest BCUT2D eigenvalue weighted by Gasteiger charge is -2.21. The Morgan fingerprint density at radius 1 is 0.569 bits per heavy atom. The van der Waals surface area contributed by atoms with Crippen LogP contribution in [0.1, 0.15) is 194 Å². The topological polar surface area (TPSA) is 131 Å². The van der Waals surface area contributed by atoms with Crippen LogP contribution in [0.4, 0.5) is 0 Å². The Bertz CT molecular complexity index is 845. The van der Waals surface area contributed by atoms with Crippen molar-refractivity contribution in [3.63, 3.8) is 0 Å². The van der Waals surface area contributed by atoms with E-state index in [4.69, 9.17) is 4.74 Å². The second kappa shape index (κ2) is 37.9. The minimum atomic E-state index is -1.21. The average molecular weight is 743 g/mol. The van der Waals surface area contributed by atoms with Crippen LogP contribution in [0.25, 0.3) is 0 Å². The molecule has 0 aromatic carbocycles. The van der Waals surface area contributed by atoms with E-state index in [2.05, 4.69) is 29.2 Å². The summed E-state index contributed by atoms with van der Waals surface area (Å²) in [5.41, 5.74) is 0. The standard InChI is InChI=1S/C41H78N2O7S/c1-4-6-8-10-12-14-16-18-20-22-24-26-28-30-38(45)42-37(40(47)43-36(34-44)41(48)49-3)35-51-33-32-50-39(46)31-29-27-25-23-21-19-17-15-13-11-9-7-5-2/h36-37,44H,4-35H2,1-3H3,(H,42,45)(H,43,47)/t36-,37-/m0/s1. The van der Waals surface area contributed by atoms with Crippen LogP contribution in [-0.4, -0.2) is 72.8 Å². The van der Waals surface area contributed by atoms with Gasteiger partial charge in [-0.15, -0.1) is 0 Å². The molecular formula is C41H78N2O7S. The zero-order valence-electron chi connectivity index (χ0n) is 33.1. The summed E-state index contributed by atoms with van der Waals surface area (Å²) in [5, 5.41) is 14.8. The lowest BCUT2D eigenvalue weighted by atomic mass is 10.0. The number of thioether (sulfide) groups is 1. The summed E-state index contributed by atoms with van der Waals surface area (Å²) in [5.74, 6) is -1.03. The Hall–Kier alpha value is -1.81. The predicted octanol–water partition coefficient (Wildman–Crippen LogP) is 9.36. The molecule has 0 unspecified atom stereocenters. The van der Waals surface area contributed by atoms with Gasteiger partial charge >= 0.3 is 11.9 Å². The number of hydrogen-bond acceptors (Lipinski definition) is 8. The normalized spacial score (nSPS) is 12.3. The van der Waals surface area contributed by atoms with Gasteiger partial charge < -0.3 is 25.2 Å². The first-order valence-corrected chi connectivity index (χ1v) is 22.1. The van der Waals surface area contributed by atoms with Gasteiger partial charge in [0.1, 0.15) is 12.6 Å². The minimum absolute atomic E-state index is 0.206. The Morgan fingerprint density at radius 3 is 1.39 bits per heavy atom. The number of methoxy groups -OCH3 is 1. The van der Waals surface area contributed by atoms with Gasteiger partial charge in [-0.05, 0) is 12.8 Å². The van der Waals surface area contributed by atoms with Gasteiger partial charge in [-0.2, -0.15) is 11.8 Å². The highest BCUT2D eigenvalue weighted by molar-refractivity contribution is 7.99. The molecule has 0 aliphatic heterocycles. The maximum absolute atomic E-state index is 13.0. The molecule has 300 valence electrons. The first-order valence-electron chi connectivity index (χ1n) is 20.9. The molecule has 2 amide bonds. The van der Waals surface area contributed by atoms with E-state index in [0.717, 1.165) is 38.5 Å². The van der Waals surface area contributed by atoms with Gasteiger partial charge in [0.15, 0.2) is 6.04 Å². The highest BCUT2D eigenvalue weighted by Crippen LogP contribution is 2.15. The summed E-state index contributed by atoms with van der Waals surface area (Å²) >= 11 is 1.39. The van der Waals surface area contributed by atoms with Gasteiger partial charge in [-0.25, -0.2) is 4.79 Å². The number of amides is 2. The number of hydrogen-bond donors (Lipinski definition) is 3. The molecule has 0 aliphatic carbocycles. The average Bonchev–Trinajstić information content (AvgIpc) is 3.13. The van der Waals surface area contributed by atoms with E-state index < -0.39 is 30.6 Å². The van der Waals surface area contributed by atoms with Crippen molar-refractivity contribution in [1.82, 2.24) is 10.6 Å². The van der Waals surface area contributed by atoms with Crippen molar-refractivity contribution in [2.75, 3.05) is 31.8 Å². The van der Waals surface area contributed by atoms with Gasteiger partial charge in [0.2, 0.25) is 11.8 Å². The number of nitrogens with one attached hydrogen (secondary N) is 2. The summed E-state index contributed by atoms with van der Waals surface area (Å²) in [4.78, 5) is 49.8. The summed E-state index contributed by atoms with van der Waals surface area (Å²) < 4.78 is 10.0. The fourth-order valence-corrected chi connectivity index (χ4v) is 6.96. The van der Waals surface area contributed by atoms with Crippen molar-refractivity contribution in [2.24, 2.45) is 0 Å². The van der Waals surface area contributed by atoms with Crippen molar-refractivity contribution in [2.45, 2.75) is 206 Å². The third kappa shape index (κ3) is 32.6. The molecule has 0 aliphatic rings. The Balaban J connectivity index is 4.24. The van der Waals surface area contributed by atoms with Crippen LogP contribution in [0.15, 0.2) is 0 Å². The Labute approximate surface area is 316 Å². The molecule has 3 N–H and O–H groups in total. The number of aliphatic hydroxyl groups is 1. The zero-order valence-corrected chi connectivity index (χ0v) is 33.9. The number of esters is 2. The fraction of sp³-hybridized carbons (Fsp3) is 0.902. The molecule has 0 heterocycles. The van der Waals surface area contributed by atoms with Gasteiger partial charge in [0.05, 0.1) is 13.7 Å². The number of carbonyl (C=O) groups excluding carboxylic acids is 4.